The molecule has 1 aromatic carbocycles. The van der Waals surface area contributed by atoms with E-state index in [1.807, 2.05) is 26.0 Å². The Labute approximate surface area is 172 Å². The van der Waals surface area contributed by atoms with Crippen molar-refractivity contribution in [3.05, 3.63) is 47.2 Å². The van der Waals surface area contributed by atoms with Crippen molar-refractivity contribution in [2.75, 3.05) is 13.2 Å². The van der Waals surface area contributed by atoms with Crippen molar-refractivity contribution in [1.82, 2.24) is 20.1 Å². The number of carbonyl (C=O) groups is 1. The zero-order chi connectivity index (χ0) is 21.9. The molecule has 0 saturated heterocycles. The molecule has 0 atom stereocenters. The Hall–Kier alpha value is -3.10. The summed E-state index contributed by atoms with van der Waals surface area (Å²) < 4.78 is 47.9. The summed E-state index contributed by atoms with van der Waals surface area (Å²) in [5.74, 6) is -0.708. The first-order valence-corrected chi connectivity index (χ1v) is 9.71. The maximum absolute atomic E-state index is 13.8. The van der Waals surface area contributed by atoms with Gasteiger partial charge in [0.2, 0.25) is 5.88 Å². The van der Waals surface area contributed by atoms with Crippen molar-refractivity contribution in [2.24, 2.45) is 0 Å². The van der Waals surface area contributed by atoms with Gasteiger partial charge in [-0.05, 0) is 37.5 Å². The van der Waals surface area contributed by atoms with Crippen LogP contribution in [0.2, 0.25) is 0 Å². The molecule has 0 saturated carbocycles. The van der Waals surface area contributed by atoms with Crippen LogP contribution in [0.3, 0.4) is 0 Å². The fourth-order valence-corrected chi connectivity index (χ4v) is 3.07. The van der Waals surface area contributed by atoms with Crippen LogP contribution < -0.4 is 10.1 Å². The molecule has 3 aromatic rings. The molecule has 0 fully saturated rings. The highest BCUT2D eigenvalue weighted by atomic mass is 19.4. The second-order valence-corrected chi connectivity index (χ2v) is 6.86. The Morgan fingerprint density at radius 2 is 1.90 bits per heavy atom. The third-order valence-corrected chi connectivity index (χ3v) is 4.61. The van der Waals surface area contributed by atoms with Crippen molar-refractivity contribution < 1.29 is 22.7 Å². The number of rotatable bonds is 7. The number of fused-ring (bicyclic) bond motifs is 1. The van der Waals surface area contributed by atoms with Gasteiger partial charge in [0.1, 0.15) is 0 Å². The molecule has 3 rings (SSSR count). The van der Waals surface area contributed by atoms with E-state index in [4.69, 9.17) is 4.74 Å². The van der Waals surface area contributed by atoms with Gasteiger partial charge in [-0.2, -0.15) is 23.3 Å². The third-order valence-electron chi connectivity index (χ3n) is 4.61. The average Bonchev–Trinajstić information content (AvgIpc) is 3.06. The van der Waals surface area contributed by atoms with E-state index in [1.165, 1.54) is 11.6 Å². The zero-order valence-electron chi connectivity index (χ0n) is 17.0. The van der Waals surface area contributed by atoms with E-state index in [9.17, 15) is 18.0 Å². The molecule has 0 radical (unpaired) electrons. The first-order valence-electron chi connectivity index (χ1n) is 9.71. The molecular weight excluding hydrogens is 397 g/mol. The number of aromatic nitrogens is 3. The van der Waals surface area contributed by atoms with Crippen LogP contribution in [0.4, 0.5) is 13.2 Å². The number of hydrogen-bond acceptors (Lipinski definition) is 4. The number of halogens is 3. The van der Waals surface area contributed by atoms with Gasteiger partial charge in [0.15, 0.2) is 12.3 Å². The van der Waals surface area contributed by atoms with Gasteiger partial charge in [-0.3, -0.25) is 4.79 Å². The molecular formula is C21H23F3N4O2. The first-order chi connectivity index (χ1) is 14.2. The van der Waals surface area contributed by atoms with E-state index in [2.05, 4.69) is 15.4 Å². The molecule has 6 nitrogen and oxygen atoms in total. The van der Waals surface area contributed by atoms with Crippen LogP contribution in [0, 0.1) is 6.92 Å². The summed E-state index contributed by atoms with van der Waals surface area (Å²) in [5, 5.41) is 6.80. The van der Waals surface area contributed by atoms with Crippen LogP contribution >= 0.6 is 0 Å². The number of carbonyl (C=O) groups excluding carboxylic acids is 1. The number of aryl methyl sites for hydroxylation is 2. The van der Waals surface area contributed by atoms with Crippen molar-refractivity contribution in [3.8, 4) is 11.6 Å². The second kappa shape index (κ2) is 8.73. The van der Waals surface area contributed by atoms with Crippen LogP contribution in [0.5, 0.6) is 5.88 Å². The quantitative estimate of drug-likeness (QED) is 0.622. The highest BCUT2D eigenvalue weighted by Crippen LogP contribution is 2.38. The lowest BCUT2D eigenvalue weighted by Crippen LogP contribution is -2.29. The normalized spacial score (nSPS) is 11.7. The minimum Gasteiger partial charge on any atom is -0.467 e. The highest BCUT2D eigenvalue weighted by molar-refractivity contribution is 5.85. The maximum Gasteiger partial charge on any atom is 0.417 e. The van der Waals surface area contributed by atoms with Gasteiger partial charge in [0, 0.05) is 12.6 Å². The standard InChI is InChI=1S/C21H23F3N4O2/c1-4-10-25-17(29)12-30-18-11-16(21(22,23)24)19-13(3)27-28(20(19)26-18)15-8-6-14(5-2)7-9-15/h6-9,11H,4-5,10,12H2,1-3H3,(H,25,29). The van der Waals surface area contributed by atoms with Gasteiger partial charge in [0.25, 0.3) is 5.91 Å². The van der Waals surface area contributed by atoms with E-state index in [1.54, 1.807) is 12.1 Å². The third kappa shape index (κ3) is 4.55. The predicted octanol–water partition coefficient (Wildman–Crippen LogP) is 4.22. The molecule has 0 aliphatic rings. The molecule has 160 valence electrons. The number of hydrogen-bond donors (Lipinski definition) is 1. The molecule has 2 heterocycles. The largest absolute Gasteiger partial charge is 0.467 e. The minimum atomic E-state index is -4.63. The van der Waals surface area contributed by atoms with Crippen LogP contribution in [0.1, 0.15) is 37.1 Å². The van der Waals surface area contributed by atoms with Crippen LogP contribution in [-0.2, 0) is 17.4 Å². The second-order valence-electron chi connectivity index (χ2n) is 6.86. The number of amides is 1. The summed E-state index contributed by atoms with van der Waals surface area (Å²) in [6, 6.07) is 8.16. The first kappa shape index (κ1) is 21.6. The maximum atomic E-state index is 13.8. The Bertz CT molecular complexity index is 1040. The molecule has 0 unspecified atom stereocenters. The summed E-state index contributed by atoms with van der Waals surface area (Å²) >= 11 is 0. The van der Waals surface area contributed by atoms with Crippen molar-refractivity contribution in [2.45, 2.75) is 39.8 Å². The summed E-state index contributed by atoms with van der Waals surface area (Å²) in [4.78, 5) is 16.0. The van der Waals surface area contributed by atoms with Crippen molar-refractivity contribution >= 4 is 16.9 Å². The van der Waals surface area contributed by atoms with Crippen LogP contribution in [0.25, 0.3) is 16.7 Å². The molecule has 0 spiro atoms. The number of nitrogens with one attached hydrogen (secondary N) is 1. The smallest absolute Gasteiger partial charge is 0.417 e. The minimum absolute atomic E-state index is 0.0236. The molecule has 2 aromatic heterocycles. The fourth-order valence-electron chi connectivity index (χ4n) is 3.07. The molecule has 9 heteroatoms. The van der Waals surface area contributed by atoms with Gasteiger partial charge in [-0.15, -0.1) is 0 Å². The van der Waals surface area contributed by atoms with Crippen molar-refractivity contribution in [1.29, 1.82) is 0 Å². The molecule has 1 N–H and O–H groups in total. The molecule has 0 aliphatic carbocycles. The predicted molar refractivity (Wildman–Crippen MR) is 107 cm³/mol. The Kier molecular flexibility index (Phi) is 6.28. The van der Waals surface area contributed by atoms with E-state index in [0.717, 1.165) is 24.5 Å². The topological polar surface area (TPSA) is 69.0 Å². The van der Waals surface area contributed by atoms with Crippen LogP contribution in [-0.4, -0.2) is 33.8 Å². The summed E-state index contributed by atoms with van der Waals surface area (Å²) in [7, 11) is 0. The highest BCUT2D eigenvalue weighted by Gasteiger charge is 2.36. The van der Waals surface area contributed by atoms with E-state index in [-0.39, 0.29) is 22.6 Å². The number of benzene rings is 1. The van der Waals surface area contributed by atoms with Gasteiger partial charge >= 0.3 is 6.18 Å². The number of nitrogens with zero attached hydrogens (tertiary/aromatic N) is 3. The van der Waals surface area contributed by atoms with E-state index >= 15 is 0 Å². The van der Waals surface area contributed by atoms with Gasteiger partial charge in [-0.1, -0.05) is 26.0 Å². The molecule has 1 amide bonds. The number of alkyl halides is 3. The molecule has 0 bridgehead atoms. The number of ether oxygens (including phenoxy) is 1. The molecule has 0 aliphatic heterocycles. The summed E-state index contributed by atoms with van der Waals surface area (Å²) in [5.41, 5.74) is 1.01. The molecule has 30 heavy (non-hydrogen) atoms. The van der Waals surface area contributed by atoms with Gasteiger partial charge < -0.3 is 10.1 Å². The zero-order valence-corrected chi connectivity index (χ0v) is 17.0. The fraction of sp³-hybridized carbons (Fsp3) is 0.381. The Balaban J connectivity index is 2.07. The lowest BCUT2D eigenvalue weighted by atomic mass is 10.1. The Morgan fingerprint density at radius 3 is 2.50 bits per heavy atom. The van der Waals surface area contributed by atoms with E-state index in [0.29, 0.717) is 12.2 Å². The van der Waals surface area contributed by atoms with Gasteiger partial charge in [0.05, 0.1) is 22.3 Å². The lowest BCUT2D eigenvalue weighted by molar-refractivity contribution is -0.136. The average molecular weight is 420 g/mol. The SMILES string of the molecule is CCCNC(=O)COc1cc(C(F)(F)F)c2c(C)nn(-c3ccc(CC)cc3)c2n1. The summed E-state index contributed by atoms with van der Waals surface area (Å²) in [6.07, 6.45) is -3.05. The van der Waals surface area contributed by atoms with Gasteiger partial charge in [-0.25, -0.2) is 4.68 Å². The van der Waals surface area contributed by atoms with Crippen molar-refractivity contribution in [3.63, 3.8) is 0 Å². The monoisotopic (exact) mass is 420 g/mol. The number of pyridine rings is 1. The Morgan fingerprint density at radius 1 is 1.20 bits per heavy atom. The summed E-state index contributed by atoms with van der Waals surface area (Å²) in [6.45, 7) is 5.45. The van der Waals surface area contributed by atoms with E-state index < -0.39 is 24.3 Å². The lowest BCUT2D eigenvalue weighted by Gasteiger charge is -2.12. The van der Waals surface area contributed by atoms with Crippen LogP contribution in [0.15, 0.2) is 30.3 Å².